The van der Waals surface area contributed by atoms with Crippen molar-refractivity contribution < 1.29 is 24.2 Å². The van der Waals surface area contributed by atoms with Crippen molar-refractivity contribution in [2.24, 2.45) is 0 Å². The second-order valence-corrected chi connectivity index (χ2v) is 10.6. The van der Waals surface area contributed by atoms with Gasteiger partial charge < -0.3 is 24.4 Å². The van der Waals surface area contributed by atoms with E-state index in [1.807, 2.05) is 98.7 Å². The predicted molar refractivity (Wildman–Crippen MR) is 162 cm³/mol. The van der Waals surface area contributed by atoms with Gasteiger partial charge in [0.25, 0.3) is 11.7 Å². The number of carbonyl (C=O) groups excluding carboxylic acids is 2. The lowest BCUT2D eigenvalue weighted by Gasteiger charge is -2.27. The fraction of sp³-hybridized carbons (Fsp3) is 0.200. The highest BCUT2D eigenvalue weighted by atomic mass is 16.5. The van der Waals surface area contributed by atoms with Gasteiger partial charge in [0.2, 0.25) is 0 Å². The Hall–Kier alpha value is -4.88. The van der Waals surface area contributed by atoms with Crippen molar-refractivity contribution in [3.63, 3.8) is 0 Å². The van der Waals surface area contributed by atoms with E-state index >= 15 is 0 Å². The van der Waals surface area contributed by atoms with Crippen LogP contribution in [0.1, 0.15) is 28.3 Å². The van der Waals surface area contributed by atoms with Crippen LogP contribution in [0, 0.1) is 6.92 Å². The van der Waals surface area contributed by atoms with Gasteiger partial charge in [-0.1, -0.05) is 60.2 Å². The molecular weight excluding hydrogens is 528 g/mol. The largest absolute Gasteiger partial charge is 0.507 e. The minimum Gasteiger partial charge on any atom is -0.507 e. The molecule has 1 atom stereocenters. The second kappa shape index (κ2) is 12.7. The van der Waals surface area contributed by atoms with Gasteiger partial charge in [0, 0.05) is 18.7 Å². The number of aryl methyl sites for hydroxylation is 1. The van der Waals surface area contributed by atoms with Gasteiger partial charge in [0.05, 0.1) is 11.6 Å². The van der Waals surface area contributed by atoms with Crippen molar-refractivity contribution in [2.45, 2.75) is 19.6 Å². The Kier molecular flexibility index (Phi) is 8.69. The molecule has 7 heteroatoms. The lowest BCUT2D eigenvalue weighted by Crippen LogP contribution is -2.35. The highest BCUT2D eigenvalue weighted by Gasteiger charge is 2.46. The van der Waals surface area contributed by atoms with Crippen molar-refractivity contribution in [1.29, 1.82) is 0 Å². The molecule has 1 heterocycles. The van der Waals surface area contributed by atoms with E-state index in [1.165, 1.54) is 4.90 Å². The van der Waals surface area contributed by atoms with E-state index in [9.17, 15) is 14.7 Å². The minimum absolute atomic E-state index is 0.0454. The molecule has 7 nitrogen and oxygen atoms in total. The summed E-state index contributed by atoms with van der Waals surface area (Å²) in [6.07, 6.45) is 0. The number of nitrogens with zero attached hydrogens (tertiary/aromatic N) is 2. The molecule has 0 aromatic heterocycles. The van der Waals surface area contributed by atoms with Crippen LogP contribution in [0.25, 0.3) is 5.76 Å². The molecule has 1 saturated heterocycles. The number of likely N-dealkylation sites (tertiary alicyclic amines) is 1. The first-order chi connectivity index (χ1) is 20.3. The number of likely N-dealkylation sites (N-methyl/N-ethyl adjacent to an activating group) is 1. The van der Waals surface area contributed by atoms with Crippen molar-refractivity contribution in [2.75, 3.05) is 27.2 Å². The molecule has 0 spiro atoms. The van der Waals surface area contributed by atoms with Gasteiger partial charge in [-0.2, -0.15) is 0 Å². The maximum atomic E-state index is 13.4. The molecule has 1 aliphatic rings. The highest BCUT2D eigenvalue weighted by Crippen LogP contribution is 2.40. The summed E-state index contributed by atoms with van der Waals surface area (Å²) in [5.41, 5.74) is 3.35. The van der Waals surface area contributed by atoms with Crippen LogP contribution in [0.4, 0.5) is 0 Å². The van der Waals surface area contributed by atoms with Gasteiger partial charge in [-0.05, 0) is 80.7 Å². The van der Waals surface area contributed by atoms with Gasteiger partial charge in [-0.15, -0.1) is 0 Å². The molecule has 0 bridgehead atoms. The van der Waals surface area contributed by atoms with Gasteiger partial charge in [0.15, 0.2) is 0 Å². The molecule has 1 amide bonds. The number of amides is 1. The normalized spacial score (nSPS) is 16.2. The maximum absolute atomic E-state index is 13.4. The lowest BCUT2D eigenvalue weighted by atomic mass is 9.95. The first kappa shape index (κ1) is 28.6. The quantitative estimate of drug-likeness (QED) is 0.138. The first-order valence-corrected chi connectivity index (χ1v) is 13.8. The van der Waals surface area contributed by atoms with Gasteiger partial charge in [0.1, 0.15) is 29.6 Å². The highest BCUT2D eigenvalue weighted by molar-refractivity contribution is 6.46. The number of para-hydroxylation sites is 1. The molecule has 4 aromatic rings. The Morgan fingerprint density at radius 2 is 1.55 bits per heavy atom. The molecular formula is C35H34N2O5. The Balaban J connectivity index is 1.46. The molecule has 4 aromatic carbocycles. The third-order valence-corrected chi connectivity index (χ3v) is 7.10. The summed E-state index contributed by atoms with van der Waals surface area (Å²) in [6, 6.07) is 30.9. The summed E-state index contributed by atoms with van der Waals surface area (Å²) in [6.45, 7) is 3.31. The molecule has 1 aliphatic heterocycles. The zero-order valence-corrected chi connectivity index (χ0v) is 24.0. The van der Waals surface area contributed by atoms with E-state index in [1.54, 1.807) is 24.3 Å². The SMILES string of the molecule is Cc1cccc(COc2ccc(C(O)=C3C(=O)C(=O)N(CCN(C)C)C3c3cccc(Oc4ccccc4)c3)cc2)c1. The van der Waals surface area contributed by atoms with Crippen LogP contribution in [0.3, 0.4) is 0 Å². The summed E-state index contributed by atoms with van der Waals surface area (Å²) < 4.78 is 12.0. The van der Waals surface area contributed by atoms with Crippen LogP contribution >= 0.6 is 0 Å². The third-order valence-electron chi connectivity index (χ3n) is 7.10. The Labute approximate surface area is 246 Å². The number of aliphatic hydroxyl groups excluding tert-OH is 1. The third kappa shape index (κ3) is 6.53. The summed E-state index contributed by atoms with van der Waals surface area (Å²) in [7, 11) is 3.81. The Bertz CT molecular complexity index is 1600. The smallest absolute Gasteiger partial charge is 0.295 e. The summed E-state index contributed by atoms with van der Waals surface area (Å²) in [5.74, 6) is 0.265. The minimum atomic E-state index is -0.776. The topological polar surface area (TPSA) is 79.3 Å². The molecule has 214 valence electrons. The number of aliphatic hydroxyl groups is 1. The van der Waals surface area contributed by atoms with Crippen LogP contribution in [0.15, 0.2) is 109 Å². The molecule has 1 fully saturated rings. The molecule has 0 aliphatic carbocycles. The average Bonchev–Trinajstić information content (AvgIpc) is 3.24. The fourth-order valence-electron chi connectivity index (χ4n) is 4.97. The van der Waals surface area contributed by atoms with Crippen LogP contribution in [-0.2, 0) is 16.2 Å². The van der Waals surface area contributed by atoms with E-state index in [0.29, 0.717) is 48.1 Å². The van der Waals surface area contributed by atoms with Gasteiger partial charge in [-0.3, -0.25) is 9.59 Å². The number of ether oxygens (including phenoxy) is 2. The number of hydrogen-bond donors (Lipinski definition) is 1. The number of carbonyl (C=O) groups is 2. The van der Waals surface area contributed by atoms with Gasteiger partial charge >= 0.3 is 0 Å². The molecule has 5 rings (SSSR count). The van der Waals surface area contributed by atoms with Gasteiger partial charge in [-0.25, -0.2) is 0 Å². The monoisotopic (exact) mass is 562 g/mol. The first-order valence-electron chi connectivity index (χ1n) is 13.8. The van der Waals surface area contributed by atoms with Crippen LogP contribution in [-0.4, -0.2) is 53.8 Å². The molecule has 0 radical (unpaired) electrons. The number of benzene rings is 4. The predicted octanol–water partition coefficient (Wildman–Crippen LogP) is 6.35. The van der Waals surface area contributed by atoms with Crippen molar-refractivity contribution >= 4 is 17.4 Å². The molecule has 1 N–H and O–H groups in total. The van der Waals surface area contributed by atoms with E-state index < -0.39 is 17.7 Å². The van der Waals surface area contributed by atoms with E-state index in [-0.39, 0.29) is 11.3 Å². The fourth-order valence-corrected chi connectivity index (χ4v) is 4.97. The maximum Gasteiger partial charge on any atom is 0.295 e. The Morgan fingerprint density at radius 3 is 2.26 bits per heavy atom. The average molecular weight is 563 g/mol. The summed E-state index contributed by atoms with van der Waals surface area (Å²) in [4.78, 5) is 30.2. The standard InChI is InChI=1S/C35H34N2O5/c1-24-9-7-10-25(21-24)23-41-28-17-15-26(16-18-28)33(38)31-32(37(20-19-36(2)3)35(40)34(31)39)27-11-8-14-30(22-27)42-29-12-5-4-6-13-29/h4-18,21-22,32,38H,19-20,23H2,1-3H3. The van der Waals surface area contributed by atoms with Crippen molar-refractivity contribution in [3.05, 3.63) is 131 Å². The number of ketones is 1. The Morgan fingerprint density at radius 1 is 0.833 bits per heavy atom. The van der Waals surface area contributed by atoms with E-state index in [0.717, 1.165) is 11.1 Å². The summed E-state index contributed by atoms with van der Waals surface area (Å²) >= 11 is 0. The van der Waals surface area contributed by atoms with Crippen LogP contribution in [0.5, 0.6) is 17.2 Å². The second-order valence-electron chi connectivity index (χ2n) is 10.6. The zero-order valence-electron chi connectivity index (χ0n) is 24.0. The zero-order chi connectivity index (χ0) is 29.6. The molecule has 42 heavy (non-hydrogen) atoms. The van der Waals surface area contributed by atoms with E-state index in [2.05, 4.69) is 6.07 Å². The van der Waals surface area contributed by atoms with E-state index in [4.69, 9.17) is 9.47 Å². The number of rotatable bonds is 10. The van der Waals surface area contributed by atoms with Crippen molar-refractivity contribution in [1.82, 2.24) is 9.80 Å². The number of Topliss-reactive ketones (excluding diaryl/α,β-unsaturated/α-hetero) is 1. The lowest BCUT2D eigenvalue weighted by molar-refractivity contribution is -0.140. The number of hydrogen-bond acceptors (Lipinski definition) is 6. The van der Waals surface area contributed by atoms with Crippen molar-refractivity contribution in [3.8, 4) is 17.2 Å². The van der Waals surface area contributed by atoms with Crippen LogP contribution in [0.2, 0.25) is 0 Å². The molecule has 0 saturated carbocycles. The van der Waals surface area contributed by atoms with Crippen LogP contribution < -0.4 is 9.47 Å². The molecule has 1 unspecified atom stereocenters. The summed E-state index contributed by atoms with van der Waals surface area (Å²) in [5, 5.41) is 11.5.